The fourth-order valence-electron chi connectivity index (χ4n) is 3.21. The lowest BCUT2D eigenvalue weighted by Crippen LogP contribution is -2.34. The molecule has 1 aromatic rings. The number of aliphatic carboxylic acids is 9. The third kappa shape index (κ3) is 72.2. The minimum absolute atomic E-state index is 0.0208. The van der Waals surface area contributed by atoms with Crippen molar-refractivity contribution in [3.63, 3.8) is 0 Å². The SMILES string of the molecule is CC(C)C[C@H](N)C(=O)O.CC(C)C[C@H](N)C(=O)O.CC(C)C[C@H](N)C(=O)O.CC(C)[C@H](N)C(=O)O.C[C@H](N)C(=O)O.NC(=O)C[C@H](N)C(=O)O.NCC(=O)O.N[C@@H](CO)C(=O)O.N[C@@H](Cc1cnc[nH]1)C(=O)O. The molecule has 0 bridgehead atoms. The van der Waals surface area contributed by atoms with Crippen molar-refractivity contribution in [2.24, 2.45) is 81.0 Å². The molecule has 0 saturated heterocycles. The van der Waals surface area contributed by atoms with Gasteiger partial charge in [0.05, 0.1) is 25.9 Å². The monoisotopic (exact) mass is 1070 g/mol. The first-order valence-corrected chi connectivity index (χ1v) is 21.7. The van der Waals surface area contributed by atoms with Gasteiger partial charge in [0.25, 0.3) is 0 Å². The molecule has 0 aliphatic heterocycles. The number of nitrogens with zero attached hydrogens (tertiary/aromatic N) is 1. The number of hydrogen-bond acceptors (Lipinski definition) is 21. The molecule has 0 radical (unpaired) electrons. The van der Waals surface area contributed by atoms with Gasteiger partial charge >= 0.3 is 53.7 Å². The molecule has 1 amide bonds. The molecule has 1 heterocycles. The minimum atomic E-state index is -1.21. The summed E-state index contributed by atoms with van der Waals surface area (Å²) in [5, 5.41) is 81.0. The first-order chi connectivity index (χ1) is 33.0. The van der Waals surface area contributed by atoms with Crippen molar-refractivity contribution in [2.75, 3.05) is 13.2 Å². The van der Waals surface area contributed by atoms with E-state index in [9.17, 15) is 47.9 Å². The Morgan fingerprint density at radius 3 is 0.877 bits per heavy atom. The second kappa shape index (κ2) is 50.5. The summed E-state index contributed by atoms with van der Waals surface area (Å²) in [6.45, 7) is 15.9. The van der Waals surface area contributed by atoms with Gasteiger partial charge in [-0.2, -0.15) is 0 Å². The Balaban J connectivity index is -0.000000109. The molecule has 0 saturated carbocycles. The van der Waals surface area contributed by atoms with Crippen LogP contribution in [0.4, 0.5) is 0 Å². The van der Waals surface area contributed by atoms with Crippen LogP contribution in [0.15, 0.2) is 12.5 Å². The topological polar surface area (TPSA) is 662 Å². The molecule has 8 atom stereocenters. The maximum absolute atomic E-state index is 10.3. The lowest BCUT2D eigenvalue weighted by atomic mass is 10.1. The molecule has 1 aromatic heterocycles. The molecule has 31 N–H and O–H groups in total. The van der Waals surface area contributed by atoms with Crippen LogP contribution in [-0.4, -0.2) is 182 Å². The van der Waals surface area contributed by atoms with E-state index in [1.165, 1.54) is 13.3 Å². The number of H-pyrrole nitrogens is 1. The maximum Gasteiger partial charge on any atom is 0.322 e. The van der Waals surface area contributed by atoms with Crippen LogP contribution in [0, 0.1) is 23.7 Å². The summed E-state index contributed by atoms with van der Waals surface area (Å²) < 4.78 is 0. The normalized spacial score (nSPS) is 13.0. The fourth-order valence-corrected chi connectivity index (χ4v) is 3.21. The molecule has 0 aromatic carbocycles. The Morgan fingerprint density at radius 1 is 0.493 bits per heavy atom. The Kier molecular flexibility index (Phi) is 57.6. The summed E-state index contributed by atoms with van der Waals surface area (Å²) in [6, 6.07) is -6.65. The molecule has 0 unspecified atom stereocenters. The number of carbonyl (C=O) groups excluding carboxylic acids is 1. The van der Waals surface area contributed by atoms with E-state index >= 15 is 0 Å². The van der Waals surface area contributed by atoms with Gasteiger partial charge < -0.3 is 113 Å². The molecule has 0 fully saturated rings. The fraction of sp³-hybridized carbons (Fsp3) is 0.683. The smallest absolute Gasteiger partial charge is 0.322 e. The van der Waals surface area contributed by atoms with Crippen molar-refractivity contribution in [3.8, 4) is 0 Å². The number of nitrogens with two attached hydrogens (primary N) is 10. The first-order valence-electron chi connectivity index (χ1n) is 21.7. The predicted octanol–water partition coefficient (Wildman–Crippen LogP) is -4.14. The van der Waals surface area contributed by atoms with E-state index in [4.69, 9.17) is 96.9 Å². The number of amides is 1. The number of hydrogen-bond donors (Lipinski definition) is 21. The van der Waals surface area contributed by atoms with Gasteiger partial charge in [0.1, 0.15) is 48.3 Å². The molecule has 32 heteroatoms. The number of primary amides is 1. The van der Waals surface area contributed by atoms with Crippen molar-refractivity contribution < 1.29 is 99.0 Å². The zero-order valence-electron chi connectivity index (χ0n) is 42.8. The number of aliphatic hydroxyl groups is 1. The van der Waals surface area contributed by atoms with Crippen LogP contribution in [0.5, 0.6) is 0 Å². The first kappa shape index (κ1) is 83.4. The number of carbonyl (C=O) groups is 10. The van der Waals surface area contributed by atoms with Gasteiger partial charge in [-0.3, -0.25) is 47.9 Å². The maximum atomic E-state index is 10.3. The highest BCUT2D eigenvalue weighted by Crippen LogP contribution is 2.03. The van der Waals surface area contributed by atoms with Crippen molar-refractivity contribution in [1.29, 1.82) is 0 Å². The largest absolute Gasteiger partial charge is 0.480 e. The summed E-state index contributed by atoms with van der Waals surface area (Å²) in [7, 11) is 0. The third-order valence-corrected chi connectivity index (χ3v) is 7.26. The zero-order chi connectivity index (χ0) is 60.1. The molecular formula is C41H86N12O20. The van der Waals surface area contributed by atoms with Gasteiger partial charge in [-0.15, -0.1) is 0 Å². The summed E-state index contributed by atoms with van der Waals surface area (Å²) in [4.78, 5) is 105. The molecule has 0 spiro atoms. The Hall–Kier alpha value is -6.49. The second-order valence-corrected chi connectivity index (χ2v) is 16.5. The summed E-state index contributed by atoms with van der Waals surface area (Å²) in [5.41, 5.74) is 50.5. The van der Waals surface area contributed by atoms with Crippen molar-refractivity contribution in [3.05, 3.63) is 18.2 Å². The Morgan fingerprint density at radius 2 is 0.781 bits per heavy atom. The van der Waals surface area contributed by atoms with Gasteiger partial charge in [0.15, 0.2) is 0 Å². The van der Waals surface area contributed by atoms with E-state index < -0.39 is 115 Å². The number of carboxylic acids is 9. The lowest BCUT2D eigenvalue weighted by Gasteiger charge is -2.07. The summed E-state index contributed by atoms with van der Waals surface area (Å²) >= 11 is 0. The number of aromatic amines is 1. The standard InChI is InChI=1S/C6H9N3O2.3C6H13NO2.C5H11NO2.C4H8N2O3.C3H7NO3.C3H7NO2.C2H5NO2/c7-5(6(10)11)1-4-2-8-3-9-4;3*1-4(2)3-5(7)6(8)9;1-3(2)4(6)5(7)8;5-2(4(8)9)1-3(6)7;4-2(1-5)3(6)7;1-2(4)3(5)6;3-1-2(4)5/h2-3,5H,1,7H2,(H,8,9)(H,10,11);3*4-5H,3,7H2,1-2H3,(H,8,9);3-4H,6H2,1-2H3,(H,7,8);2H,1,5H2,(H2,6,7)(H,8,9);2,5H,1,4H2,(H,6,7);2H,4H2,1H3,(H,5,6);1,3H2,(H,4,5)/t4*5-;4-;3*2-;/m00000000./s1. The highest BCUT2D eigenvalue weighted by atomic mass is 16.4. The van der Waals surface area contributed by atoms with Crippen LogP contribution in [0.25, 0.3) is 0 Å². The van der Waals surface area contributed by atoms with E-state index in [1.54, 1.807) is 20.0 Å². The average Bonchev–Trinajstić information content (AvgIpc) is 3.76. The lowest BCUT2D eigenvalue weighted by molar-refractivity contribution is -0.140. The van der Waals surface area contributed by atoms with Crippen LogP contribution in [0.3, 0.4) is 0 Å². The Bertz CT molecular complexity index is 1610. The van der Waals surface area contributed by atoms with Gasteiger partial charge in [-0.1, -0.05) is 55.4 Å². The number of aliphatic hydroxyl groups excluding tert-OH is 1. The number of imidazole rings is 1. The molecule has 1 rings (SSSR count). The number of carboxylic acid groups (broad SMARTS) is 9. The van der Waals surface area contributed by atoms with Gasteiger partial charge in [0, 0.05) is 18.3 Å². The zero-order valence-corrected chi connectivity index (χ0v) is 42.8. The summed E-state index contributed by atoms with van der Waals surface area (Å²) in [5.74, 6) is -8.60. The average molecular weight is 1070 g/mol. The quantitative estimate of drug-likeness (QED) is 0.0556. The molecule has 73 heavy (non-hydrogen) atoms. The van der Waals surface area contributed by atoms with Crippen molar-refractivity contribution in [2.45, 2.75) is 143 Å². The molecular weight excluding hydrogens is 981 g/mol. The summed E-state index contributed by atoms with van der Waals surface area (Å²) in [6.07, 6.45) is 4.68. The van der Waals surface area contributed by atoms with Gasteiger partial charge in [-0.25, -0.2) is 4.98 Å². The molecule has 430 valence electrons. The van der Waals surface area contributed by atoms with E-state index in [0.717, 1.165) is 5.69 Å². The number of rotatable bonds is 21. The van der Waals surface area contributed by atoms with Crippen LogP contribution < -0.4 is 57.3 Å². The highest BCUT2D eigenvalue weighted by molar-refractivity contribution is 5.83. The molecule has 32 nitrogen and oxygen atoms in total. The minimum Gasteiger partial charge on any atom is -0.480 e. The van der Waals surface area contributed by atoms with E-state index in [-0.39, 0.29) is 25.3 Å². The van der Waals surface area contributed by atoms with E-state index in [2.05, 4.69) is 21.4 Å². The number of aromatic nitrogens is 2. The molecule has 0 aliphatic rings. The number of nitrogens with one attached hydrogen (secondary N) is 1. The van der Waals surface area contributed by atoms with Gasteiger partial charge in [0.2, 0.25) is 5.91 Å². The second-order valence-electron chi connectivity index (χ2n) is 16.5. The van der Waals surface area contributed by atoms with Crippen LogP contribution >= 0.6 is 0 Å². The van der Waals surface area contributed by atoms with Crippen LogP contribution in [0.2, 0.25) is 0 Å². The Labute approximate surface area is 423 Å². The van der Waals surface area contributed by atoms with Crippen molar-refractivity contribution >= 4 is 59.6 Å². The van der Waals surface area contributed by atoms with Crippen molar-refractivity contribution in [1.82, 2.24) is 9.97 Å². The van der Waals surface area contributed by atoms with Crippen LogP contribution in [-0.2, 0) is 54.4 Å². The third-order valence-electron chi connectivity index (χ3n) is 7.26. The molecule has 0 aliphatic carbocycles. The van der Waals surface area contributed by atoms with E-state index in [0.29, 0.717) is 37.0 Å². The van der Waals surface area contributed by atoms with Gasteiger partial charge in [-0.05, 0) is 49.9 Å². The van der Waals surface area contributed by atoms with E-state index in [1.807, 2.05) is 41.5 Å². The highest BCUT2D eigenvalue weighted by Gasteiger charge is 2.16. The van der Waals surface area contributed by atoms with Crippen LogP contribution in [0.1, 0.15) is 93.7 Å². The predicted molar refractivity (Wildman–Crippen MR) is 264 cm³/mol.